The van der Waals surface area contributed by atoms with Gasteiger partial charge in [0.2, 0.25) is 0 Å². The molecule has 0 saturated heterocycles. The van der Waals surface area contributed by atoms with Crippen LogP contribution in [0.1, 0.15) is 24.4 Å². The lowest BCUT2D eigenvalue weighted by atomic mass is 10.0. The Bertz CT molecular complexity index is 531. The summed E-state index contributed by atoms with van der Waals surface area (Å²) in [5.41, 5.74) is 0.930. The third-order valence-corrected chi connectivity index (χ3v) is 3.88. The molecule has 0 aliphatic rings. The Kier molecular flexibility index (Phi) is 4.86. The molecule has 1 aromatic heterocycles. The number of aryl methyl sites for hydroxylation is 1. The zero-order valence-corrected chi connectivity index (χ0v) is 12.5. The lowest BCUT2D eigenvalue weighted by Crippen LogP contribution is -2.21. The average molecular weight is 298 g/mol. The fourth-order valence-corrected chi connectivity index (χ4v) is 2.85. The molecule has 0 radical (unpaired) electrons. The van der Waals surface area contributed by atoms with Gasteiger partial charge >= 0.3 is 0 Å². The zero-order valence-electron chi connectivity index (χ0n) is 11.0. The highest BCUT2D eigenvalue weighted by Crippen LogP contribution is 2.31. The van der Waals surface area contributed by atoms with Gasteiger partial charge in [0.15, 0.2) is 0 Å². The summed E-state index contributed by atoms with van der Waals surface area (Å²) in [5, 5.41) is 4.63. The summed E-state index contributed by atoms with van der Waals surface area (Å²) in [7, 11) is 1.91. The van der Waals surface area contributed by atoms with E-state index in [0.717, 1.165) is 24.4 Å². The van der Waals surface area contributed by atoms with Gasteiger partial charge < -0.3 is 9.88 Å². The minimum absolute atomic E-state index is 0.0499. The van der Waals surface area contributed by atoms with E-state index in [1.165, 1.54) is 0 Å². The third-order valence-electron chi connectivity index (χ3n) is 3.23. The molecule has 0 saturated carbocycles. The molecule has 1 atom stereocenters. The summed E-state index contributed by atoms with van der Waals surface area (Å²) < 4.78 is 2.12. The van der Waals surface area contributed by atoms with Gasteiger partial charge in [-0.15, -0.1) is 0 Å². The van der Waals surface area contributed by atoms with Crippen LogP contribution in [-0.2, 0) is 13.0 Å². The van der Waals surface area contributed by atoms with Crippen LogP contribution in [0.5, 0.6) is 0 Å². The maximum Gasteiger partial charge on any atom is 0.110 e. The predicted molar refractivity (Wildman–Crippen MR) is 79.9 cm³/mol. The highest BCUT2D eigenvalue weighted by molar-refractivity contribution is 6.36. The second-order valence-electron chi connectivity index (χ2n) is 4.31. The van der Waals surface area contributed by atoms with Gasteiger partial charge in [-0.05, 0) is 26.1 Å². The predicted octanol–water partition coefficient (Wildman–Crippen LogP) is 3.71. The number of nitrogens with one attached hydrogen (secondary N) is 1. The van der Waals surface area contributed by atoms with Crippen LogP contribution in [0.4, 0.5) is 0 Å². The number of imidazole rings is 1. The van der Waals surface area contributed by atoms with E-state index >= 15 is 0 Å². The molecule has 102 valence electrons. The number of benzene rings is 1. The number of hydrogen-bond donors (Lipinski definition) is 1. The van der Waals surface area contributed by atoms with E-state index in [1.54, 1.807) is 0 Å². The largest absolute Gasteiger partial charge is 0.335 e. The molecule has 3 nitrogen and oxygen atoms in total. The Morgan fingerprint density at radius 1 is 1.32 bits per heavy atom. The number of halogens is 2. The van der Waals surface area contributed by atoms with Crippen LogP contribution in [0, 0.1) is 0 Å². The number of likely N-dealkylation sites (N-methyl/N-ethyl adjacent to an activating group) is 1. The Balaban J connectivity index is 2.30. The maximum absolute atomic E-state index is 6.27. The third kappa shape index (κ3) is 3.11. The van der Waals surface area contributed by atoms with Crippen LogP contribution in [0.2, 0.25) is 10.0 Å². The second-order valence-corrected chi connectivity index (χ2v) is 5.12. The van der Waals surface area contributed by atoms with E-state index in [9.17, 15) is 0 Å². The van der Waals surface area contributed by atoms with Gasteiger partial charge in [-0.2, -0.15) is 0 Å². The van der Waals surface area contributed by atoms with Crippen LogP contribution in [-0.4, -0.2) is 16.6 Å². The Hall–Kier alpha value is -1.03. The highest BCUT2D eigenvalue weighted by Gasteiger charge is 2.18. The summed E-state index contributed by atoms with van der Waals surface area (Å²) in [6.07, 6.45) is 4.55. The number of rotatable bonds is 5. The van der Waals surface area contributed by atoms with Gasteiger partial charge in [0, 0.05) is 47.0 Å². The molecule has 1 unspecified atom stereocenters. The van der Waals surface area contributed by atoms with Crippen molar-refractivity contribution in [1.82, 2.24) is 14.9 Å². The summed E-state index contributed by atoms with van der Waals surface area (Å²) >= 11 is 12.5. The van der Waals surface area contributed by atoms with Crippen molar-refractivity contribution in [3.8, 4) is 0 Å². The molecule has 5 heteroatoms. The van der Waals surface area contributed by atoms with Crippen molar-refractivity contribution in [1.29, 1.82) is 0 Å². The fraction of sp³-hybridized carbons (Fsp3) is 0.357. The molecule has 0 spiro atoms. The Morgan fingerprint density at radius 3 is 2.58 bits per heavy atom. The molecule has 1 heterocycles. The minimum atomic E-state index is 0.0499. The number of hydrogen-bond acceptors (Lipinski definition) is 2. The van der Waals surface area contributed by atoms with Crippen molar-refractivity contribution in [2.75, 3.05) is 7.05 Å². The van der Waals surface area contributed by atoms with Gasteiger partial charge in [0.05, 0.1) is 0 Å². The van der Waals surface area contributed by atoms with E-state index in [0.29, 0.717) is 10.0 Å². The molecule has 0 amide bonds. The zero-order chi connectivity index (χ0) is 13.8. The SMILES string of the molecule is CCn1ccnc1CC(NC)c1c(Cl)cccc1Cl. The molecule has 0 fully saturated rings. The normalized spacial score (nSPS) is 12.6. The maximum atomic E-state index is 6.27. The topological polar surface area (TPSA) is 29.9 Å². The van der Waals surface area contributed by atoms with E-state index in [2.05, 4.69) is 21.8 Å². The quantitative estimate of drug-likeness (QED) is 0.912. The van der Waals surface area contributed by atoms with Crippen LogP contribution in [0.25, 0.3) is 0 Å². The minimum Gasteiger partial charge on any atom is -0.335 e. The van der Waals surface area contributed by atoms with E-state index in [4.69, 9.17) is 23.2 Å². The average Bonchev–Trinajstić information content (AvgIpc) is 2.84. The first-order chi connectivity index (χ1) is 9.17. The lowest BCUT2D eigenvalue weighted by molar-refractivity contribution is 0.553. The van der Waals surface area contributed by atoms with Crippen molar-refractivity contribution in [2.24, 2.45) is 0 Å². The first kappa shape index (κ1) is 14.4. The summed E-state index contributed by atoms with van der Waals surface area (Å²) in [6.45, 7) is 3.00. The molecular formula is C14H17Cl2N3. The summed E-state index contributed by atoms with van der Waals surface area (Å²) in [6, 6.07) is 5.63. The molecule has 0 aliphatic heterocycles. The van der Waals surface area contributed by atoms with E-state index < -0.39 is 0 Å². The van der Waals surface area contributed by atoms with Crippen LogP contribution in [0.15, 0.2) is 30.6 Å². The first-order valence-corrected chi connectivity index (χ1v) is 7.04. The lowest BCUT2D eigenvalue weighted by Gasteiger charge is -2.19. The van der Waals surface area contributed by atoms with Gasteiger partial charge in [0.1, 0.15) is 5.82 Å². The highest BCUT2D eigenvalue weighted by atomic mass is 35.5. The smallest absolute Gasteiger partial charge is 0.110 e. The Morgan fingerprint density at radius 2 is 2.00 bits per heavy atom. The van der Waals surface area contributed by atoms with Crippen LogP contribution >= 0.6 is 23.2 Å². The number of nitrogens with zero attached hydrogens (tertiary/aromatic N) is 2. The van der Waals surface area contributed by atoms with Crippen LogP contribution in [0.3, 0.4) is 0 Å². The monoisotopic (exact) mass is 297 g/mol. The summed E-state index contributed by atoms with van der Waals surface area (Å²) in [4.78, 5) is 4.40. The van der Waals surface area contributed by atoms with E-state index in [1.807, 2.05) is 37.6 Å². The van der Waals surface area contributed by atoms with Crippen molar-refractivity contribution >= 4 is 23.2 Å². The van der Waals surface area contributed by atoms with Crippen molar-refractivity contribution in [3.63, 3.8) is 0 Å². The first-order valence-electron chi connectivity index (χ1n) is 6.28. The standard InChI is InChI=1S/C14H17Cl2N3/c1-3-19-8-7-18-13(19)9-12(17-2)14-10(15)5-4-6-11(14)16/h4-8,12,17H,3,9H2,1-2H3. The van der Waals surface area contributed by atoms with Crippen molar-refractivity contribution in [2.45, 2.75) is 25.9 Å². The van der Waals surface area contributed by atoms with Crippen molar-refractivity contribution < 1.29 is 0 Å². The van der Waals surface area contributed by atoms with Gasteiger partial charge in [-0.1, -0.05) is 29.3 Å². The molecule has 1 N–H and O–H groups in total. The molecule has 0 aliphatic carbocycles. The fourth-order valence-electron chi connectivity index (χ4n) is 2.19. The van der Waals surface area contributed by atoms with Crippen LogP contribution < -0.4 is 5.32 Å². The molecule has 2 aromatic rings. The molecular weight excluding hydrogens is 281 g/mol. The molecule has 2 rings (SSSR count). The van der Waals surface area contributed by atoms with Gasteiger partial charge in [-0.25, -0.2) is 4.98 Å². The van der Waals surface area contributed by atoms with Gasteiger partial charge in [-0.3, -0.25) is 0 Å². The molecule has 0 bridgehead atoms. The summed E-state index contributed by atoms with van der Waals surface area (Å²) in [5.74, 6) is 1.03. The number of aromatic nitrogens is 2. The van der Waals surface area contributed by atoms with Crippen molar-refractivity contribution in [3.05, 3.63) is 52.0 Å². The molecule has 19 heavy (non-hydrogen) atoms. The molecule has 1 aromatic carbocycles. The van der Waals surface area contributed by atoms with E-state index in [-0.39, 0.29) is 6.04 Å². The second kappa shape index (κ2) is 6.42. The Labute approximate surface area is 123 Å². The van der Waals surface area contributed by atoms with Gasteiger partial charge in [0.25, 0.3) is 0 Å².